The topological polar surface area (TPSA) is 36.9 Å². The van der Waals surface area contributed by atoms with Gasteiger partial charge in [0.1, 0.15) is 12.4 Å². The predicted octanol–water partition coefficient (Wildman–Crippen LogP) is 4.02. The van der Waals surface area contributed by atoms with Gasteiger partial charge in [-0.05, 0) is 21.5 Å². The maximum atomic E-state index is 5.82. The summed E-state index contributed by atoms with van der Waals surface area (Å²) >= 11 is 3.43. The lowest BCUT2D eigenvalue weighted by Gasteiger charge is -2.14. The summed E-state index contributed by atoms with van der Waals surface area (Å²) in [7, 11) is 3.18. The number of halogens is 1. The van der Waals surface area contributed by atoms with E-state index >= 15 is 0 Å². The van der Waals surface area contributed by atoms with Crippen LogP contribution in [0, 0.1) is 0 Å². The highest BCUT2D eigenvalue weighted by Gasteiger charge is 2.11. The van der Waals surface area contributed by atoms with Crippen molar-refractivity contribution in [3.63, 3.8) is 0 Å². The van der Waals surface area contributed by atoms with Gasteiger partial charge in [-0.3, -0.25) is 0 Å². The van der Waals surface area contributed by atoms with Crippen molar-refractivity contribution in [1.29, 1.82) is 0 Å². The van der Waals surface area contributed by atoms with Gasteiger partial charge in [-0.2, -0.15) is 0 Å². The first-order chi connectivity index (χ1) is 10.2. The molecule has 0 N–H and O–H groups in total. The van der Waals surface area contributed by atoms with Gasteiger partial charge in [-0.15, -0.1) is 0 Å². The highest BCUT2D eigenvalue weighted by atomic mass is 79.9. The number of ether oxygens (including phenoxy) is 4. The van der Waals surface area contributed by atoms with Crippen molar-refractivity contribution >= 4 is 15.9 Å². The minimum absolute atomic E-state index is 0.170. The summed E-state index contributed by atoms with van der Waals surface area (Å²) < 4.78 is 22.3. The van der Waals surface area contributed by atoms with E-state index in [0.717, 1.165) is 10.0 Å². The van der Waals surface area contributed by atoms with Gasteiger partial charge in [0.25, 0.3) is 0 Å². The van der Waals surface area contributed by atoms with E-state index in [9.17, 15) is 0 Å². The summed E-state index contributed by atoms with van der Waals surface area (Å²) in [5.41, 5.74) is 1.09. The first-order valence-corrected chi connectivity index (χ1v) is 7.20. The fourth-order valence-corrected chi connectivity index (χ4v) is 2.19. The standard InChI is InChI=1S/C16H17BrO4/c1-18-11-21-14-9-16(15(19-2)8-13(14)17)20-10-12-6-4-3-5-7-12/h3-9H,10-11H2,1-2H3. The zero-order valence-corrected chi connectivity index (χ0v) is 13.6. The van der Waals surface area contributed by atoms with E-state index in [0.29, 0.717) is 23.9 Å². The van der Waals surface area contributed by atoms with E-state index in [-0.39, 0.29) is 6.79 Å². The Balaban J connectivity index is 2.16. The molecule has 112 valence electrons. The Labute approximate surface area is 132 Å². The lowest BCUT2D eigenvalue weighted by molar-refractivity contribution is 0.0503. The summed E-state index contributed by atoms with van der Waals surface area (Å²) in [6.45, 7) is 0.631. The molecule has 4 nitrogen and oxygen atoms in total. The highest BCUT2D eigenvalue weighted by molar-refractivity contribution is 9.10. The minimum atomic E-state index is 0.170. The molecule has 0 bridgehead atoms. The quantitative estimate of drug-likeness (QED) is 0.705. The van der Waals surface area contributed by atoms with Gasteiger partial charge in [-0.1, -0.05) is 30.3 Å². The van der Waals surface area contributed by atoms with E-state index in [1.54, 1.807) is 20.3 Å². The number of hydrogen-bond donors (Lipinski definition) is 0. The molecule has 0 aliphatic rings. The molecule has 0 aliphatic heterocycles. The van der Waals surface area contributed by atoms with Crippen molar-refractivity contribution in [2.24, 2.45) is 0 Å². The lowest BCUT2D eigenvalue weighted by Crippen LogP contribution is -2.02. The van der Waals surface area contributed by atoms with Crippen molar-refractivity contribution in [3.8, 4) is 17.2 Å². The van der Waals surface area contributed by atoms with Crippen LogP contribution in [-0.4, -0.2) is 21.0 Å². The Morgan fingerprint density at radius 1 is 0.905 bits per heavy atom. The van der Waals surface area contributed by atoms with E-state index < -0.39 is 0 Å². The minimum Gasteiger partial charge on any atom is -0.493 e. The third-order valence-corrected chi connectivity index (χ3v) is 3.41. The average molecular weight is 353 g/mol. The van der Waals surface area contributed by atoms with E-state index in [1.807, 2.05) is 36.4 Å². The molecule has 0 atom stereocenters. The van der Waals surface area contributed by atoms with Crippen LogP contribution in [-0.2, 0) is 11.3 Å². The molecule has 0 heterocycles. The first-order valence-electron chi connectivity index (χ1n) is 6.40. The maximum Gasteiger partial charge on any atom is 0.188 e. The molecule has 0 amide bonds. The Bertz CT molecular complexity index is 572. The van der Waals surface area contributed by atoms with Crippen molar-refractivity contribution < 1.29 is 18.9 Å². The second-order valence-corrected chi connectivity index (χ2v) is 5.11. The summed E-state index contributed by atoms with van der Waals surface area (Å²) in [5, 5.41) is 0. The molecule has 0 saturated heterocycles. The van der Waals surface area contributed by atoms with Gasteiger partial charge in [0, 0.05) is 19.2 Å². The number of rotatable bonds is 7. The monoisotopic (exact) mass is 352 g/mol. The van der Waals surface area contributed by atoms with Crippen molar-refractivity contribution in [1.82, 2.24) is 0 Å². The SMILES string of the molecule is COCOc1cc(OCc2ccccc2)c(OC)cc1Br. The van der Waals surface area contributed by atoms with Crippen LogP contribution in [0.2, 0.25) is 0 Å². The fraction of sp³-hybridized carbons (Fsp3) is 0.250. The Morgan fingerprint density at radius 2 is 1.67 bits per heavy atom. The molecule has 0 aliphatic carbocycles. The maximum absolute atomic E-state index is 5.82. The molecule has 2 rings (SSSR count). The summed E-state index contributed by atoms with van der Waals surface area (Å²) in [6, 6.07) is 13.5. The predicted molar refractivity (Wildman–Crippen MR) is 84.0 cm³/mol. The van der Waals surface area contributed by atoms with Crippen LogP contribution in [0.25, 0.3) is 0 Å². The van der Waals surface area contributed by atoms with Crippen molar-refractivity contribution in [2.45, 2.75) is 6.61 Å². The fourth-order valence-electron chi connectivity index (χ4n) is 1.76. The Hall–Kier alpha value is -1.72. The molecule has 0 radical (unpaired) electrons. The third-order valence-electron chi connectivity index (χ3n) is 2.79. The van der Waals surface area contributed by atoms with Crippen LogP contribution < -0.4 is 14.2 Å². The van der Waals surface area contributed by atoms with Gasteiger partial charge < -0.3 is 18.9 Å². The van der Waals surface area contributed by atoms with Gasteiger partial charge in [0.15, 0.2) is 18.3 Å². The second kappa shape index (κ2) is 7.90. The van der Waals surface area contributed by atoms with Gasteiger partial charge in [-0.25, -0.2) is 0 Å². The Morgan fingerprint density at radius 3 is 2.33 bits per heavy atom. The van der Waals surface area contributed by atoms with Crippen LogP contribution in [0.3, 0.4) is 0 Å². The lowest BCUT2D eigenvalue weighted by atomic mass is 10.2. The molecule has 5 heteroatoms. The van der Waals surface area contributed by atoms with Gasteiger partial charge >= 0.3 is 0 Å². The summed E-state index contributed by atoms with van der Waals surface area (Å²) in [4.78, 5) is 0. The van der Waals surface area contributed by atoms with Gasteiger partial charge in [0.05, 0.1) is 11.6 Å². The largest absolute Gasteiger partial charge is 0.493 e. The van der Waals surface area contributed by atoms with E-state index in [4.69, 9.17) is 18.9 Å². The van der Waals surface area contributed by atoms with Crippen molar-refractivity contribution in [2.75, 3.05) is 21.0 Å². The molecular formula is C16H17BrO4. The third kappa shape index (κ3) is 4.37. The van der Waals surface area contributed by atoms with E-state index in [2.05, 4.69) is 15.9 Å². The highest BCUT2D eigenvalue weighted by Crippen LogP contribution is 2.38. The second-order valence-electron chi connectivity index (χ2n) is 4.26. The first kappa shape index (κ1) is 15.7. The van der Waals surface area contributed by atoms with Crippen LogP contribution in [0.5, 0.6) is 17.2 Å². The van der Waals surface area contributed by atoms with Gasteiger partial charge in [0.2, 0.25) is 0 Å². The number of hydrogen-bond acceptors (Lipinski definition) is 4. The summed E-state index contributed by atoms with van der Waals surface area (Å²) in [5.74, 6) is 1.90. The molecule has 0 aromatic heterocycles. The number of benzene rings is 2. The molecule has 2 aromatic carbocycles. The number of methoxy groups -OCH3 is 2. The average Bonchev–Trinajstić information content (AvgIpc) is 2.53. The van der Waals surface area contributed by atoms with Crippen molar-refractivity contribution in [3.05, 3.63) is 52.5 Å². The molecule has 0 fully saturated rings. The zero-order valence-electron chi connectivity index (χ0n) is 12.0. The Kier molecular flexibility index (Phi) is 5.90. The van der Waals surface area contributed by atoms with Crippen LogP contribution >= 0.6 is 15.9 Å². The summed E-state index contributed by atoms with van der Waals surface area (Å²) in [6.07, 6.45) is 0. The molecule has 2 aromatic rings. The van der Waals surface area contributed by atoms with Crippen LogP contribution in [0.15, 0.2) is 46.9 Å². The smallest absolute Gasteiger partial charge is 0.188 e. The molecule has 0 unspecified atom stereocenters. The van der Waals surface area contributed by atoms with Crippen LogP contribution in [0.4, 0.5) is 0 Å². The van der Waals surface area contributed by atoms with Crippen LogP contribution in [0.1, 0.15) is 5.56 Å². The normalized spacial score (nSPS) is 10.2. The zero-order chi connectivity index (χ0) is 15.1. The van der Waals surface area contributed by atoms with E-state index in [1.165, 1.54) is 0 Å². The molecular weight excluding hydrogens is 336 g/mol. The molecule has 21 heavy (non-hydrogen) atoms. The molecule has 0 spiro atoms. The molecule has 0 saturated carbocycles.